The second kappa shape index (κ2) is 8.63. The first-order valence-electron chi connectivity index (χ1n) is 10.6. The molecule has 0 fully saturated rings. The number of methoxy groups -OCH3 is 1. The van der Waals surface area contributed by atoms with Gasteiger partial charge in [-0.1, -0.05) is 65.8 Å². The van der Waals surface area contributed by atoms with Crippen LogP contribution in [0, 0.1) is 0 Å². The fourth-order valence-corrected chi connectivity index (χ4v) is 4.00. The highest BCUT2D eigenvalue weighted by Gasteiger charge is 2.36. The Hall–Kier alpha value is -4.39. The number of rotatable bonds is 5. The van der Waals surface area contributed by atoms with Crippen molar-refractivity contribution in [2.75, 3.05) is 12.0 Å². The third-order valence-electron chi connectivity index (χ3n) is 5.64. The van der Waals surface area contributed by atoms with E-state index in [1.54, 1.807) is 12.0 Å². The summed E-state index contributed by atoms with van der Waals surface area (Å²) in [7, 11) is 1.61. The Bertz CT molecular complexity index is 1300. The fourth-order valence-electron chi connectivity index (χ4n) is 4.00. The lowest BCUT2D eigenvalue weighted by molar-refractivity contribution is 0.244. The number of nitrogens with one attached hydrogen (secondary N) is 1. The highest BCUT2D eigenvalue weighted by Crippen LogP contribution is 2.39. The summed E-state index contributed by atoms with van der Waals surface area (Å²) in [5.74, 6) is 1.56. The number of ether oxygens (including phenoxy) is 1. The summed E-state index contributed by atoms with van der Waals surface area (Å²) in [6, 6.07) is 26.0. The summed E-state index contributed by atoms with van der Waals surface area (Å²) in [4.78, 5) is 19.5. The van der Waals surface area contributed by atoms with Crippen molar-refractivity contribution in [2.24, 2.45) is 0 Å². The Kier molecular flexibility index (Phi) is 5.36. The molecule has 1 aliphatic heterocycles. The van der Waals surface area contributed by atoms with Gasteiger partial charge in [-0.2, -0.15) is 4.98 Å². The summed E-state index contributed by atoms with van der Waals surface area (Å²) < 4.78 is 11.0. The monoisotopic (exact) mass is 438 g/mol. The topological polar surface area (TPSA) is 80.5 Å². The van der Waals surface area contributed by atoms with Crippen LogP contribution >= 0.6 is 0 Å². The zero-order valence-corrected chi connectivity index (χ0v) is 18.2. The van der Waals surface area contributed by atoms with Gasteiger partial charge in [-0.3, -0.25) is 4.90 Å². The van der Waals surface area contributed by atoms with Crippen LogP contribution in [-0.4, -0.2) is 23.3 Å². The molecule has 1 unspecified atom stereocenters. The van der Waals surface area contributed by atoms with Gasteiger partial charge in [0.1, 0.15) is 5.75 Å². The first kappa shape index (κ1) is 20.5. The predicted molar refractivity (Wildman–Crippen MR) is 126 cm³/mol. The van der Waals surface area contributed by atoms with E-state index in [4.69, 9.17) is 9.26 Å². The Labute approximate surface area is 191 Å². The third-order valence-corrected chi connectivity index (χ3v) is 5.64. The number of allylic oxidation sites excluding steroid dienone is 1. The van der Waals surface area contributed by atoms with E-state index in [-0.39, 0.29) is 6.03 Å². The zero-order chi connectivity index (χ0) is 22.8. The van der Waals surface area contributed by atoms with Gasteiger partial charge in [0.15, 0.2) is 0 Å². The average molecular weight is 438 g/mol. The molecule has 2 heterocycles. The van der Waals surface area contributed by atoms with Crippen LogP contribution in [0.3, 0.4) is 0 Å². The summed E-state index contributed by atoms with van der Waals surface area (Å²) in [6.45, 7) is 1.89. The van der Waals surface area contributed by atoms with E-state index in [1.165, 1.54) is 0 Å². The molecule has 5 rings (SSSR count). The minimum Gasteiger partial charge on any atom is -0.497 e. The molecular formula is C26H22N4O3. The highest BCUT2D eigenvalue weighted by atomic mass is 16.5. The number of amides is 2. The second-order valence-electron chi connectivity index (χ2n) is 7.61. The van der Waals surface area contributed by atoms with E-state index in [0.29, 0.717) is 28.8 Å². The van der Waals surface area contributed by atoms with Crippen molar-refractivity contribution in [2.45, 2.75) is 13.0 Å². The van der Waals surface area contributed by atoms with Crippen LogP contribution in [0.15, 0.2) is 95.1 Å². The molecular weight excluding hydrogens is 416 g/mol. The Morgan fingerprint density at radius 3 is 2.27 bits per heavy atom. The van der Waals surface area contributed by atoms with E-state index in [1.807, 2.05) is 91.9 Å². The molecule has 0 spiro atoms. The van der Waals surface area contributed by atoms with Crippen molar-refractivity contribution >= 4 is 17.3 Å². The Balaban J connectivity index is 1.64. The standard InChI is InChI=1S/C26H22N4O3/c1-17-22(25-28-24(29-33-25)19-11-7-4-8-12-19)23(18-9-5-3-6-10-18)27-26(31)30(17)20-13-15-21(32-2)16-14-20/h3-16,23H,1-2H3,(H,27,31). The molecule has 3 aromatic carbocycles. The second-order valence-corrected chi connectivity index (χ2v) is 7.61. The number of nitrogens with zero attached hydrogens (tertiary/aromatic N) is 3. The number of anilines is 1. The molecule has 2 amide bonds. The lowest BCUT2D eigenvalue weighted by Gasteiger charge is -2.35. The van der Waals surface area contributed by atoms with Gasteiger partial charge < -0.3 is 14.6 Å². The maximum atomic E-state index is 13.2. The van der Waals surface area contributed by atoms with Gasteiger partial charge in [-0.05, 0) is 36.8 Å². The van der Waals surface area contributed by atoms with Crippen LogP contribution < -0.4 is 15.0 Å². The van der Waals surface area contributed by atoms with Crippen molar-refractivity contribution in [3.63, 3.8) is 0 Å². The molecule has 0 saturated carbocycles. The average Bonchev–Trinajstić information content (AvgIpc) is 3.35. The van der Waals surface area contributed by atoms with Gasteiger partial charge >= 0.3 is 6.03 Å². The van der Waals surface area contributed by atoms with Crippen LogP contribution in [0.5, 0.6) is 5.75 Å². The van der Waals surface area contributed by atoms with Crippen molar-refractivity contribution in [1.29, 1.82) is 0 Å². The number of carbonyl (C=O) groups excluding carboxylic acids is 1. The largest absolute Gasteiger partial charge is 0.497 e. The molecule has 1 aromatic heterocycles. The van der Waals surface area contributed by atoms with Gasteiger partial charge in [0.05, 0.1) is 24.4 Å². The number of carbonyl (C=O) groups is 1. The van der Waals surface area contributed by atoms with Crippen molar-refractivity contribution in [3.05, 3.63) is 102 Å². The summed E-state index contributed by atoms with van der Waals surface area (Å²) in [5.41, 5.74) is 3.94. The molecule has 164 valence electrons. The van der Waals surface area contributed by atoms with E-state index in [0.717, 1.165) is 16.7 Å². The Morgan fingerprint density at radius 1 is 0.939 bits per heavy atom. The molecule has 1 N–H and O–H groups in total. The zero-order valence-electron chi connectivity index (χ0n) is 18.2. The maximum absolute atomic E-state index is 13.2. The van der Waals surface area contributed by atoms with Crippen LogP contribution in [0.25, 0.3) is 17.0 Å². The summed E-state index contributed by atoms with van der Waals surface area (Å²) >= 11 is 0. The maximum Gasteiger partial charge on any atom is 0.326 e. The third kappa shape index (κ3) is 3.85. The number of urea groups is 1. The normalized spacial score (nSPS) is 16.0. The van der Waals surface area contributed by atoms with Crippen LogP contribution in [0.4, 0.5) is 10.5 Å². The summed E-state index contributed by atoms with van der Waals surface area (Å²) in [6.07, 6.45) is 0. The fraction of sp³-hybridized carbons (Fsp3) is 0.115. The first-order chi connectivity index (χ1) is 16.2. The molecule has 0 radical (unpaired) electrons. The molecule has 7 nitrogen and oxygen atoms in total. The van der Waals surface area contributed by atoms with E-state index in [9.17, 15) is 4.79 Å². The van der Waals surface area contributed by atoms with Gasteiger partial charge in [0, 0.05) is 11.3 Å². The minimum atomic E-state index is -0.433. The van der Waals surface area contributed by atoms with Crippen molar-refractivity contribution in [1.82, 2.24) is 15.5 Å². The predicted octanol–water partition coefficient (Wildman–Crippen LogP) is 5.45. The number of aromatic nitrogens is 2. The number of hydrogen-bond acceptors (Lipinski definition) is 5. The lowest BCUT2D eigenvalue weighted by Crippen LogP contribution is -2.46. The molecule has 0 bridgehead atoms. The summed E-state index contributed by atoms with van der Waals surface area (Å²) in [5, 5.41) is 7.30. The van der Waals surface area contributed by atoms with Crippen LogP contribution in [-0.2, 0) is 0 Å². The smallest absolute Gasteiger partial charge is 0.326 e. The van der Waals surface area contributed by atoms with Crippen molar-refractivity contribution in [3.8, 4) is 17.1 Å². The Morgan fingerprint density at radius 2 is 1.61 bits per heavy atom. The molecule has 1 aliphatic rings. The molecule has 7 heteroatoms. The van der Waals surface area contributed by atoms with E-state index in [2.05, 4.69) is 15.5 Å². The van der Waals surface area contributed by atoms with Gasteiger partial charge in [-0.15, -0.1) is 0 Å². The van der Waals surface area contributed by atoms with Gasteiger partial charge in [0.2, 0.25) is 5.82 Å². The van der Waals surface area contributed by atoms with Gasteiger partial charge in [0.25, 0.3) is 5.89 Å². The SMILES string of the molecule is COc1ccc(N2C(=O)NC(c3ccccc3)C(c3nc(-c4ccccc4)no3)=C2C)cc1. The highest BCUT2D eigenvalue weighted by molar-refractivity contribution is 6.01. The lowest BCUT2D eigenvalue weighted by atomic mass is 9.94. The van der Waals surface area contributed by atoms with Crippen molar-refractivity contribution < 1.29 is 14.1 Å². The minimum absolute atomic E-state index is 0.238. The number of hydrogen-bond donors (Lipinski definition) is 1. The first-order valence-corrected chi connectivity index (χ1v) is 10.6. The van der Waals surface area contributed by atoms with Crippen LogP contribution in [0.1, 0.15) is 24.4 Å². The molecule has 0 aliphatic carbocycles. The molecule has 1 atom stereocenters. The van der Waals surface area contributed by atoms with E-state index < -0.39 is 6.04 Å². The molecule has 0 saturated heterocycles. The quantitative estimate of drug-likeness (QED) is 0.448. The van der Waals surface area contributed by atoms with Crippen LogP contribution in [0.2, 0.25) is 0 Å². The molecule has 33 heavy (non-hydrogen) atoms. The molecule has 4 aromatic rings. The van der Waals surface area contributed by atoms with Gasteiger partial charge in [-0.25, -0.2) is 4.79 Å². The van der Waals surface area contributed by atoms with E-state index >= 15 is 0 Å². The number of benzene rings is 3.